The SMILES string of the molecule is CN1CCCC1=NS(=O)(=O)c1ccc(NC(=O)C2CC2c2ccc(F)cc2)cc1. The van der Waals surface area contributed by atoms with E-state index in [1.165, 1.54) is 24.3 Å². The number of hydrogen-bond donors (Lipinski definition) is 1. The molecule has 1 heterocycles. The number of likely N-dealkylation sites (tertiary alicyclic amines) is 1. The van der Waals surface area contributed by atoms with Crippen LogP contribution in [0.4, 0.5) is 10.1 Å². The summed E-state index contributed by atoms with van der Waals surface area (Å²) in [5.41, 5.74) is 1.48. The molecule has 1 aliphatic heterocycles. The third-order valence-corrected chi connectivity index (χ3v) is 6.72. The van der Waals surface area contributed by atoms with Gasteiger partial charge in [0.05, 0.1) is 4.90 Å². The van der Waals surface area contributed by atoms with Gasteiger partial charge < -0.3 is 10.2 Å². The molecule has 2 unspecified atom stereocenters. The lowest BCUT2D eigenvalue weighted by molar-refractivity contribution is -0.117. The molecule has 1 saturated heterocycles. The normalized spacial score (nSPS) is 22.7. The van der Waals surface area contributed by atoms with Gasteiger partial charge in [-0.3, -0.25) is 4.79 Å². The number of nitrogens with one attached hydrogen (secondary N) is 1. The van der Waals surface area contributed by atoms with Crippen molar-refractivity contribution in [1.82, 2.24) is 4.90 Å². The second-order valence-electron chi connectivity index (χ2n) is 7.52. The van der Waals surface area contributed by atoms with Crippen LogP contribution in [0.2, 0.25) is 0 Å². The predicted octanol–water partition coefficient (Wildman–Crippen LogP) is 3.38. The smallest absolute Gasteiger partial charge is 0.283 e. The van der Waals surface area contributed by atoms with Crippen LogP contribution in [-0.2, 0) is 14.8 Å². The number of halogens is 1. The van der Waals surface area contributed by atoms with Gasteiger partial charge in [0.25, 0.3) is 10.0 Å². The minimum Gasteiger partial charge on any atom is -0.362 e. The average molecular weight is 415 g/mol. The van der Waals surface area contributed by atoms with E-state index in [1.54, 1.807) is 24.3 Å². The fraction of sp³-hybridized carbons (Fsp3) is 0.333. The number of amidine groups is 1. The number of carbonyl (C=O) groups is 1. The summed E-state index contributed by atoms with van der Waals surface area (Å²) in [5, 5.41) is 2.82. The standard InChI is InChI=1S/C21H22FN3O3S/c1-25-12-2-3-20(25)24-29(27,28)17-10-8-16(9-11-17)23-21(26)19-13-18(19)14-4-6-15(22)7-5-14/h4-11,18-19H,2-3,12-13H2,1H3,(H,23,26). The van der Waals surface area contributed by atoms with Gasteiger partial charge in [-0.25, -0.2) is 4.39 Å². The molecule has 0 aromatic heterocycles. The molecule has 1 saturated carbocycles. The summed E-state index contributed by atoms with van der Waals surface area (Å²) in [4.78, 5) is 14.4. The first-order chi connectivity index (χ1) is 13.8. The highest BCUT2D eigenvalue weighted by Crippen LogP contribution is 2.48. The van der Waals surface area contributed by atoms with Crippen LogP contribution in [0.5, 0.6) is 0 Å². The molecule has 1 N–H and O–H groups in total. The van der Waals surface area contributed by atoms with Crippen molar-refractivity contribution >= 4 is 27.5 Å². The van der Waals surface area contributed by atoms with Crippen LogP contribution < -0.4 is 5.32 Å². The quantitative estimate of drug-likeness (QED) is 0.812. The summed E-state index contributed by atoms with van der Waals surface area (Å²) in [6.07, 6.45) is 2.27. The van der Waals surface area contributed by atoms with E-state index < -0.39 is 10.0 Å². The number of nitrogens with zero attached hydrogens (tertiary/aromatic N) is 2. The van der Waals surface area contributed by atoms with Gasteiger partial charge in [-0.15, -0.1) is 4.40 Å². The Morgan fingerprint density at radius 1 is 1.14 bits per heavy atom. The Hall–Kier alpha value is -2.74. The summed E-state index contributed by atoms with van der Waals surface area (Å²) in [6, 6.07) is 12.2. The molecule has 2 aromatic carbocycles. The summed E-state index contributed by atoms with van der Waals surface area (Å²) in [5.74, 6) is 0.0866. The average Bonchev–Trinajstić information content (AvgIpc) is 3.40. The molecule has 2 atom stereocenters. The molecule has 0 spiro atoms. The number of sulfonamides is 1. The van der Waals surface area contributed by atoms with E-state index >= 15 is 0 Å². The van der Waals surface area contributed by atoms with Crippen LogP contribution in [0.1, 0.15) is 30.7 Å². The highest BCUT2D eigenvalue weighted by atomic mass is 32.2. The first-order valence-corrected chi connectivity index (χ1v) is 11.0. The lowest BCUT2D eigenvalue weighted by Gasteiger charge is -2.11. The van der Waals surface area contributed by atoms with Crippen LogP contribution in [0.25, 0.3) is 0 Å². The van der Waals surface area contributed by atoms with Crippen molar-refractivity contribution in [3.8, 4) is 0 Å². The molecular weight excluding hydrogens is 393 g/mol. The number of hydrogen-bond acceptors (Lipinski definition) is 3. The molecule has 0 radical (unpaired) electrons. The number of amides is 1. The molecule has 2 aliphatic rings. The lowest BCUT2D eigenvalue weighted by Crippen LogP contribution is -2.20. The second kappa shape index (κ2) is 7.59. The maximum absolute atomic E-state index is 13.0. The zero-order chi connectivity index (χ0) is 20.6. The second-order valence-corrected chi connectivity index (χ2v) is 9.13. The predicted molar refractivity (Wildman–Crippen MR) is 109 cm³/mol. The van der Waals surface area contributed by atoms with Crippen LogP contribution in [0, 0.1) is 11.7 Å². The molecule has 2 aromatic rings. The van der Waals surface area contributed by atoms with Gasteiger partial charge in [-0.2, -0.15) is 8.42 Å². The number of rotatable bonds is 5. The summed E-state index contributed by atoms with van der Waals surface area (Å²) in [7, 11) is -1.94. The number of carbonyl (C=O) groups excluding carboxylic acids is 1. The van der Waals surface area contributed by atoms with Crippen LogP contribution >= 0.6 is 0 Å². The van der Waals surface area contributed by atoms with Crippen LogP contribution in [0.3, 0.4) is 0 Å². The first kappa shape index (κ1) is 19.6. The summed E-state index contributed by atoms with van der Waals surface area (Å²) < 4.78 is 41.9. The zero-order valence-electron chi connectivity index (χ0n) is 16.0. The largest absolute Gasteiger partial charge is 0.362 e. The lowest BCUT2D eigenvalue weighted by atomic mass is 10.1. The first-order valence-electron chi connectivity index (χ1n) is 9.55. The van der Waals surface area contributed by atoms with Crippen molar-refractivity contribution in [3.05, 3.63) is 59.9 Å². The minimum absolute atomic E-state index is 0.0921. The van der Waals surface area contributed by atoms with Gasteiger partial charge in [0.15, 0.2) is 0 Å². The van der Waals surface area contributed by atoms with Crippen molar-refractivity contribution in [2.24, 2.45) is 10.3 Å². The molecular formula is C21H22FN3O3S. The number of benzene rings is 2. The van der Waals surface area contributed by atoms with E-state index in [-0.39, 0.29) is 28.5 Å². The monoisotopic (exact) mass is 415 g/mol. The van der Waals surface area contributed by atoms with Crippen LogP contribution in [-0.4, -0.2) is 38.7 Å². The van der Waals surface area contributed by atoms with E-state index in [9.17, 15) is 17.6 Å². The fourth-order valence-electron chi connectivity index (χ4n) is 3.61. The molecule has 0 bridgehead atoms. The Kier molecular flexibility index (Phi) is 5.12. The maximum atomic E-state index is 13.0. The van der Waals surface area contributed by atoms with Gasteiger partial charge in [0, 0.05) is 31.6 Å². The van der Waals surface area contributed by atoms with E-state index in [2.05, 4.69) is 9.71 Å². The Balaban J connectivity index is 1.40. The van der Waals surface area contributed by atoms with Gasteiger partial charge in [-0.05, 0) is 60.7 Å². The highest BCUT2D eigenvalue weighted by Gasteiger charge is 2.43. The molecule has 2 fully saturated rings. The third-order valence-electron chi connectivity index (χ3n) is 5.41. The summed E-state index contributed by atoms with van der Waals surface area (Å²) >= 11 is 0. The van der Waals surface area contributed by atoms with Gasteiger partial charge in [-0.1, -0.05) is 12.1 Å². The highest BCUT2D eigenvalue weighted by molar-refractivity contribution is 7.90. The van der Waals surface area contributed by atoms with Crippen molar-refractivity contribution in [2.45, 2.75) is 30.1 Å². The summed E-state index contributed by atoms with van der Waals surface area (Å²) in [6.45, 7) is 0.805. The molecule has 6 nitrogen and oxygen atoms in total. The van der Waals surface area contributed by atoms with E-state index in [1.807, 2.05) is 11.9 Å². The van der Waals surface area contributed by atoms with Crippen molar-refractivity contribution in [1.29, 1.82) is 0 Å². The molecule has 1 aliphatic carbocycles. The molecule has 4 rings (SSSR count). The van der Waals surface area contributed by atoms with Gasteiger partial charge >= 0.3 is 0 Å². The fourth-order valence-corrected chi connectivity index (χ4v) is 4.70. The molecule has 29 heavy (non-hydrogen) atoms. The topological polar surface area (TPSA) is 78.8 Å². The van der Waals surface area contributed by atoms with Crippen molar-refractivity contribution in [2.75, 3.05) is 18.9 Å². The molecule has 152 valence electrons. The number of anilines is 1. The Morgan fingerprint density at radius 2 is 1.83 bits per heavy atom. The van der Waals surface area contributed by atoms with Gasteiger partial charge in [0.1, 0.15) is 11.7 Å². The third kappa shape index (κ3) is 4.32. The van der Waals surface area contributed by atoms with E-state index in [4.69, 9.17) is 0 Å². The minimum atomic E-state index is -3.77. The van der Waals surface area contributed by atoms with E-state index in [0.717, 1.165) is 24.9 Å². The van der Waals surface area contributed by atoms with Gasteiger partial charge in [0.2, 0.25) is 5.91 Å². The molecule has 1 amide bonds. The zero-order valence-corrected chi connectivity index (χ0v) is 16.8. The molecule has 8 heteroatoms. The van der Waals surface area contributed by atoms with Crippen molar-refractivity contribution < 1.29 is 17.6 Å². The maximum Gasteiger partial charge on any atom is 0.283 e. The Labute approximate surface area is 169 Å². The van der Waals surface area contributed by atoms with E-state index in [0.29, 0.717) is 17.9 Å². The Bertz CT molecular complexity index is 1050. The van der Waals surface area contributed by atoms with Crippen LogP contribution in [0.15, 0.2) is 57.8 Å². The Morgan fingerprint density at radius 3 is 2.45 bits per heavy atom. The van der Waals surface area contributed by atoms with Crippen molar-refractivity contribution in [3.63, 3.8) is 0 Å².